The van der Waals surface area contributed by atoms with Crippen molar-refractivity contribution in [3.05, 3.63) is 41.5 Å². The van der Waals surface area contributed by atoms with E-state index in [1.807, 2.05) is 28.8 Å². The molecule has 3 aromatic rings. The summed E-state index contributed by atoms with van der Waals surface area (Å²) in [6.07, 6.45) is 11.3. The molecule has 1 atom stereocenters. The van der Waals surface area contributed by atoms with Gasteiger partial charge < -0.3 is 15.6 Å². The van der Waals surface area contributed by atoms with Crippen molar-refractivity contribution in [1.29, 1.82) is 0 Å². The fourth-order valence-corrected chi connectivity index (χ4v) is 4.75. The second-order valence-corrected chi connectivity index (χ2v) is 9.85. The fourth-order valence-electron chi connectivity index (χ4n) is 4.75. The molecule has 1 aliphatic carbocycles. The molecule has 0 saturated heterocycles. The van der Waals surface area contributed by atoms with Gasteiger partial charge in [-0.05, 0) is 63.5 Å². The van der Waals surface area contributed by atoms with Crippen molar-refractivity contribution in [2.24, 2.45) is 5.92 Å². The Hall–Kier alpha value is -2.89. The molecule has 6 heteroatoms. The molecule has 2 aromatic heterocycles. The number of benzene rings is 1. The first-order valence-corrected chi connectivity index (χ1v) is 12.5. The van der Waals surface area contributed by atoms with Crippen molar-refractivity contribution in [2.75, 3.05) is 5.73 Å². The molecule has 3 N–H and O–H groups in total. The summed E-state index contributed by atoms with van der Waals surface area (Å²) in [5, 5.41) is 3.16. The Labute approximate surface area is 196 Å². The SMILES string of the molecule is CC(C)CCCC(C)NC(=O)c1c(N)n(CCC2=CCCCC2)c2nc3ccccc3nc12. The fraction of sp³-hybridized carbons (Fsp3) is 0.519. The molecule has 0 radical (unpaired) electrons. The number of carbonyl (C=O) groups excluding carboxylic acids is 1. The first-order valence-electron chi connectivity index (χ1n) is 12.5. The van der Waals surface area contributed by atoms with Crippen molar-refractivity contribution in [1.82, 2.24) is 19.9 Å². The monoisotopic (exact) mass is 447 g/mol. The van der Waals surface area contributed by atoms with Crippen LogP contribution in [-0.2, 0) is 6.54 Å². The Kier molecular flexibility index (Phi) is 7.31. The van der Waals surface area contributed by atoms with Gasteiger partial charge in [0.05, 0.1) is 11.0 Å². The average molecular weight is 448 g/mol. The number of nitrogens with two attached hydrogens (primary N) is 1. The van der Waals surface area contributed by atoms with Crippen LogP contribution in [0.3, 0.4) is 0 Å². The van der Waals surface area contributed by atoms with Crippen molar-refractivity contribution >= 4 is 33.9 Å². The Balaban J connectivity index is 1.65. The number of rotatable bonds is 9. The number of aryl methyl sites for hydroxylation is 1. The molecule has 0 spiro atoms. The minimum atomic E-state index is -0.158. The molecule has 2 heterocycles. The summed E-state index contributed by atoms with van der Waals surface area (Å²) < 4.78 is 1.99. The molecule has 1 amide bonds. The molecule has 0 saturated carbocycles. The minimum absolute atomic E-state index is 0.0786. The molecule has 1 unspecified atom stereocenters. The topological polar surface area (TPSA) is 85.8 Å². The lowest BCUT2D eigenvalue weighted by Crippen LogP contribution is -2.33. The van der Waals surface area contributed by atoms with Gasteiger partial charge in [-0.2, -0.15) is 0 Å². The molecule has 33 heavy (non-hydrogen) atoms. The van der Waals surface area contributed by atoms with Crippen LogP contribution < -0.4 is 11.1 Å². The van der Waals surface area contributed by atoms with E-state index in [2.05, 4.69) is 32.2 Å². The van der Waals surface area contributed by atoms with Gasteiger partial charge in [-0.15, -0.1) is 0 Å². The number of allylic oxidation sites excluding steroid dienone is 2. The number of nitrogens with zero attached hydrogens (tertiary/aromatic N) is 3. The zero-order chi connectivity index (χ0) is 23.4. The van der Waals surface area contributed by atoms with Crippen LogP contribution in [0.4, 0.5) is 5.82 Å². The van der Waals surface area contributed by atoms with Gasteiger partial charge in [-0.1, -0.05) is 50.5 Å². The maximum absolute atomic E-state index is 13.4. The highest BCUT2D eigenvalue weighted by atomic mass is 16.1. The van der Waals surface area contributed by atoms with Gasteiger partial charge in [-0.3, -0.25) is 4.79 Å². The van der Waals surface area contributed by atoms with Crippen LogP contribution in [-0.4, -0.2) is 26.5 Å². The summed E-state index contributed by atoms with van der Waals surface area (Å²) in [5.41, 5.74) is 11.4. The van der Waals surface area contributed by atoms with Gasteiger partial charge in [0.25, 0.3) is 5.91 Å². The van der Waals surface area contributed by atoms with Crippen molar-refractivity contribution < 1.29 is 4.79 Å². The van der Waals surface area contributed by atoms with Gasteiger partial charge in [0, 0.05) is 12.6 Å². The summed E-state index contributed by atoms with van der Waals surface area (Å²) in [4.78, 5) is 23.1. The lowest BCUT2D eigenvalue weighted by Gasteiger charge is -2.15. The number of aromatic nitrogens is 3. The Morgan fingerprint density at radius 3 is 2.58 bits per heavy atom. The zero-order valence-electron chi connectivity index (χ0n) is 20.2. The first kappa shape index (κ1) is 23.3. The number of carbonyl (C=O) groups is 1. The summed E-state index contributed by atoms with van der Waals surface area (Å²) in [6.45, 7) is 7.22. The third-order valence-corrected chi connectivity index (χ3v) is 6.66. The van der Waals surface area contributed by atoms with Crippen LogP contribution in [0.25, 0.3) is 22.2 Å². The van der Waals surface area contributed by atoms with Crippen LogP contribution in [0, 0.1) is 5.92 Å². The third kappa shape index (κ3) is 5.37. The number of nitrogens with one attached hydrogen (secondary N) is 1. The molecule has 0 fully saturated rings. The second kappa shape index (κ2) is 10.4. The molecule has 0 aliphatic heterocycles. The van der Waals surface area contributed by atoms with E-state index in [0.29, 0.717) is 35.0 Å². The molecule has 0 bridgehead atoms. The van der Waals surface area contributed by atoms with Gasteiger partial charge in [0.2, 0.25) is 0 Å². The molecule has 1 aliphatic rings. The quantitative estimate of drug-likeness (QED) is 0.394. The summed E-state index contributed by atoms with van der Waals surface area (Å²) in [6, 6.07) is 7.86. The van der Waals surface area contributed by atoms with Gasteiger partial charge in [-0.25, -0.2) is 9.97 Å². The maximum Gasteiger partial charge on any atom is 0.257 e. The number of anilines is 1. The highest BCUT2D eigenvalue weighted by molar-refractivity contribution is 6.10. The average Bonchev–Trinajstić information content (AvgIpc) is 3.06. The zero-order valence-corrected chi connectivity index (χ0v) is 20.2. The first-order chi connectivity index (χ1) is 15.9. The van der Waals surface area contributed by atoms with Crippen molar-refractivity contribution in [2.45, 2.75) is 84.7 Å². The Bertz CT molecular complexity index is 1160. The lowest BCUT2D eigenvalue weighted by atomic mass is 9.97. The van der Waals surface area contributed by atoms with Crippen molar-refractivity contribution in [3.63, 3.8) is 0 Å². The number of para-hydroxylation sites is 2. The van der Waals surface area contributed by atoms with Crippen LogP contribution in [0.2, 0.25) is 0 Å². The molecule has 6 nitrogen and oxygen atoms in total. The predicted octanol–water partition coefficient (Wildman–Crippen LogP) is 6.00. The third-order valence-electron chi connectivity index (χ3n) is 6.66. The van der Waals surface area contributed by atoms with E-state index >= 15 is 0 Å². The minimum Gasteiger partial charge on any atom is -0.384 e. The van der Waals surface area contributed by atoms with Crippen LogP contribution in [0.5, 0.6) is 0 Å². The number of hydrogen-bond acceptors (Lipinski definition) is 4. The number of nitrogen functional groups attached to an aromatic ring is 1. The van der Waals surface area contributed by atoms with Crippen LogP contribution in [0.1, 0.15) is 82.5 Å². The molecular weight excluding hydrogens is 410 g/mol. The molecule has 1 aromatic carbocycles. The number of fused-ring (bicyclic) bond motifs is 2. The highest BCUT2D eigenvalue weighted by Gasteiger charge is 2.25. The van der Waals surface area contributed by atoms with Gasteiger partial charge in [0.1, 0.15) is 16.9 Å². The summed E-state index contributed by atoms with van der Waals surface area (Å²) in [7, 11) is 0. The van der Waals surface area contributed by atoms with Gasteiger partial charge >= 0.3 is 0 Å². The van der Waals surface area contributed by atoms with E-state index in [0.717, 1.165) is 49.6 Å². The normalized spacial score (nSPS) is 15.2. The molecule has 176 valence electrons. The van der Waals surface area contributed by atoms with E-state index in [4.69, 9.17) is 15.7 Å². The standard InChI is InChI=1S/C27H37N5O/c1-18(2)10-9-11-19(3)29-27(33)23-24-26(31-22-15-8-7-14-21(22)30-24)32(25(23)28)17-16-20-12-5-4-6-13-20/h7-8,12,14-15,18-19H,4-6,9-11,13,16-17,28H2,1-3H3,(H,29,33). The largest absolute Gasteiger partial charge is 0.384 e. The van der Waals surface area contributed by atoms with Crippen LogP contribution in [0.15, 0.2) is 35.9 Å². The lowest BCUT2D eigenvalue weighted by molar-refractivity contribution is 0.0940. The highest BCUT2D eigenvalue weighted by Crippen LogP contribution is 2.30. The van der Waals surface area contributed by atoms with E-state index < -0.39 is 0 Å². The summed E-state index contributed by atoms with van der Waals surface area (Å²) >= 11 is 0. The van der Waals surface area contributed by atoms with Gasteiger partial charge in [0.15, 0.2) is 5.65 Å². The predicted molar refractivity (Wildman–Crippen MR) is 136 cm³/mol. The van der Waals surface area contributed by atoms with E-state index in [1.165, 1.54) is 18.4 Å². The number of amides is 1. The smallest absolute Gasteiger partial charge is 0.257 e. The molecule has 4 rings (SSSR count). The van der Waals surface area contributed by atoms with E-state index in [-0.39, 0.29) is 11.9 Å². The number of hydrogen-bond donors (Lipinski definition) is 2. The Morgan fingerprint density at radius 2 is 1.88 bits per heavy atom. The van der Waals surface area contributed by atoms with Crippen molar-refractivity contribution in [3.8, 4) is 0 Å². The molecular formula is C27H37N5O. The Morgan fingerprint density at radius 1 is 1.12 bits per heavy atom. The second-order valence-electron chi connectivity index (χ2n) is 9.85. The van der Waals surface area contributed by atoms with E-state index in [1.54, 1.807) is 0 Å². The maximum atomic E-state index is 13.4. The van der Waals surface area contributed by atoms with Crippen LogP contribution >= 0.6 is 0 Å². The summed E-state index contributed by atoms with van der Waals surface area (Å²) in [5.74, 6) is 0.975. The van der Waals surface area contributed by atoms with E-state index in [9.17, 15) is 4.79 Å².